The number of benzene rings is 2. The molecule has 0 bridgehead atoms. The molecule has 190 valence electrons. The van der Waals surface area contributed by atoms with Crippen LogP contribution in [0.3, 0.4) is 0 Å². The van der Waals surface area contributed by atoms with Crippen LogP contribution in [-0.4, -0.2) is 55.0 Å². The monoisotopic (exact) mass is 484 g/mol. The van der Waals surface area contributed by atoms with Crippen LogP contribution in [-0.2, 0) is 6.42 Å². The number of carbonyl (C=O) groups excluding carboxylic acids is 1. The third kappa shape index (κ3) is 6.81. The van der Waals surface area contributed by atoms with E-state index in [-0.39, 0.29) is 16.9 Å². The molecule has 0 atom stereocenters. The largest absolute Gasteiger partial charge is 0.492 e. The van der Waals surface area contributed by atoms with E-state index >= 15 is 0 Å². The molecule has 35 heavy (non-hydrogen) atoms. The fourth-order valence-corrected chi connectivity index (χ4v) is 5.61. The van der Waals surface area contributed by atoms with Gasteiger partial charge in [-0.3, -0.25) is 9.69 Å². The summed E-state index contributed by atoms with van der Waals surface area (Å²) >= 11 is 0. The first-order valence-corrected chi connectivity index (χ1v) is 13.2. The number of rotatable bonds is 4. The van der Waals surface area contributed by atoms with Gasteiger partial charge in [0, 0.05) is 37.8 Å². The van der Waals surface area contributed by atoms with E-state index in [0.29, 0.717) is 19.7 Å². The topological polar surface area (TPSA) is 32.8 Å². The number of piperidine rings is 1. The summed E-state index contributed by atoms with van der Waals surface area (Å²) in [5.74, 6) is -0.689. The maximum Gasteiger partial charge on any atom is 0.254 e. The maximum atomic E-state index is 13.7. The van der Waals surface area contributed by atoms with Crippen LogP contribution in [0.5, 0.6) is 5.75 Å². The van der Waals surface area contributed by atoms with E-state index in [9.17, 15) is 13.6 Å². The highest BCUT2D eigenvalue weighted by Crippen LogP contribution is 2.39. The molecule has 1 amide bonds. The standard InChI is InChI=1S/C29H38F2N2O2/c1-2-3-14-32-17-18-35-27-10-5-4-8-23(27)9-6-7-11-29(22-32)12-15-33(16-13-29)28(34)24-19-25(30)21-26(31)20-24/h4-5,8,10,19-21H,2-3,6-7,9,11-18,22H2,1H3. The highest BCUT2D eigenvalue weighted by molar-refractivity contribution is 5.94. The number of para-hydroxylation sites is 1. The maximum absolute atomic E-state index is 13.7. The van der Waals surface area contributed by atoms with Crippen LogP contribution in [0.1, 0.15) is 67.8 Å². The van der Waals surface area contributed by atoms with Crippen molar-refractivity contribution in [1.82, 2.24) is 9.80 Å². The smallest absolute Gasteiger partial charge is 0.254 e. The van der Waals surface area contributed by atoms with Gasteiger partial charge in [-0.05, 0) is 74.2 Å². The molecule has 1 spiro atoms. The van der Waals surface area contributed by atoms with Gasteiger partial charge in [0.25, 0.3) is 5.91 Å². The van der Waals surface area contributed by atoms with Gasteiger partial charge in [0.1, 0.15) is 24.0 Å². The zero-order valence-electron chi connectivity index (χ0n) is 20.9. The van der Waals surface area contributed by atoms with Crippen molar-refractivity contribution in [2.75, 3.05) is 39.3 Å². The highest BCUT2D eigenvalue weighted by Gasteiger charge is 2.37. The highest BCUT2D eigenvalue weighted by atomic mass is 19.1. The summed E-state index contributed by atoms with van der Waals surface area (Å²) in [6.45, 7) is 7.09. The molecule has 2 aliphatic rings. The number of likely N-dealkylation sites (tertiary alicyclic amines) is 1. The predicted molar refractivity (Wildman–Crippen MR) is 135 cm³/mol. The Morgan fingerprint density at radius 2 is 1.74 bits per heavy atom. The van der Waals surface area contributed by atoms with Crippen molar-refractivity contribution in [3.8, 4) is 5.75 Å². The number of carbonyl (C=O) groups is 1. The van der Waals surface area contributed by atoms with Gasteiger partial charge in [0.15, 0.2) is 0 Å². The van der Waals surface area contributed by atoms with Crippen molar-refractivity contribution in [2.45, 2.75) is 58.3 Å². The Bertz CT molecular complexity index is 968. The second-order valence-electron chi connectivity index (χ2n) is 10.2. The Balaban J connectivity index is 1.46. The first-order chi connectivity index (χ1) is 17.0. The average Bonchev–Trinajstić information content (AvgIpc) is 2.84. The van der Waals surface area contributed by atoms with Gasteiger partial charge in [-0.1, -0.05) is 38.0 Å². The molecular formula is C29H38F2N2O2. The van der Waals surface area contributed by atoms with Gasteiger partial charge in [0.05, 0.1) is 0 Å². The zero-order valence-corrected chi connectivity index (χ0v) is 20.9. The predicted octanol–water partition coefficient (Wildman–Crippen LogP) is 6.09. The molecule has 0 aromatic heterocycles. The normalized spacial score (nSPS) is 19.3. The quantitative estimate of drug-likeness (QED) is 0.526. The van der Waals surface area contributed by atoms with Gasteiger partial charge >= 0.3 is 0 Å². The average molecular weight is 485 g/mol. The number of halogens is 2. The fraction of sp³-hybridized carbons (Fsp3) is 0.552. The Morgan fingerprint density at radius 1 is 1.00 bits per heavy atom. The van der Waals surface area contributed by atoms with E-state index in [2.05, 4.69) is 30.0 Å². The molecule has 6 heteroatoms. The van der Waals surface area contributed by atoms with E-state index in [1.165, 1.54) is 5.56 Å². The number of unbranched alkanes of at least 4 members (excludes halogenated alkanes) is 1. The lowest BCUT2D eigenvalue weighted by molar-refractivity contribution is 0.0374. The van der Waals surface area contributed by atoms with Gasteiger partial charge in [-0.2, -0.15) is 0 Å². The molecular weight excluding hydrogens is 446 g/mol. The zero-order chi connectivity index (χ0) is 24.7. The molecule has 0 saturated carbocycles. The van der Waals surface area contributed by atoms with Crippen molar-refractivity contribution in [3.63, 3.8) is 0 Å². The number of amides is 1. The van der Waals surface area contributed by atoms with Gasteiger partial charge in [-0.15, -0.1) is 0 Å². The molecule has 0 N–H and O–H groups in total. The molecule has 0 unspecified atom stereocenters. The number of aryl methyl sites for hydroxylation is 1. The van der Waals surface area contributed by atoms with Crippen LogP contribution in [0.2, 0.25) is 0 Å². The van der Waals surface area contributed by atoms with Crippen molar-refractivity contribution >= 4 is 5.91 Å². The van der Waals surface area contributed by atoms with Crippen LogP contribution < -0.4 is 4.74 Å². The third-order valence-corrected chi connectivity index (χ3v) is 7.65. The summed E-state index contributed by atoms with van der Waals surface area (Å²) in [5, 5.41) is 0. The first kappa shape index (κ1) is 25.6. The number of ether oxygens (including phenoxy) is 1. The lowest BCUT2D eigenvalue weighted by Crippen LogP contribution is -2.49. The van der Waals surface area contributed by atoms with E-state index in [1.54, 1.807) is 4.90 Å². The van der Waals surface area contributed by atoms with Gasteiger partial charge < -0.3 is 9.64 Å². The first-order valence-electron chi connectivity index (χ1n) is 13.2. The summed E-state index contributed by atoms with van der Waals surface area (Å²) < 4.78 is 33.5. The Labute approximate surface area is 208 Å². The Morgan fingerprint density at radius 3 is 2.49 bits per heavy atom. The van der Waals surface area contributed by atoms with Gasteiger partial charge in [-0.25, -0.2) is 8.78 Å². The third-order valence-electron chi connectivity index (χ3n) is 7.65. The second kappa shape index (κ2) is 12.0. The molecule has 1 fully saturated rings. The molecule has 4 rings (SSSR count). The van der Waals surface area contributed by atoms with Crippen LogP contribution >= 0.6 is 0 Å². The summed E-state index contributed by atoms with van der Waals surface area (Å²) in [7, 11) is 0. The summed E-state index contributed by atoms with van der Waals surface area (Å²) in [6, 6.07) is 11.5. The molecule has 2 aromatic carbocycles. The number of hydrogen-bond acceptors (Lipinski definition) is 3. The lowest BCUT2D eigenvalue weighted by atomic mass is 9.73. The van der Waals surface area contributed by atoms with Crippen molar-refractivity contribution in [1.29, 1.82) is 0 Å². The summed E-state index contributed by atoms with van der Waals surface area (Å²) in [5.41, 5.74) is 1.53. The van der Waals surface area contributed by atoms with Crippen molar-refractivity contribution < 1.29 is 18.3 Å². The SMILES string of the molecule is CCCCN1CCOc2ccccc2CCCCC2(CCN(C(=O)c3cc(F)cc(F)c3)CC2)C1. The number of hydrogen-bond donors (Lipinski definition) is 0. The van der Waals surface area contributed by atoms with E-state index in [1.807, 2.05) is 6.07 Å². The van der Waals surface area contributed by atoms with Crippen LogP contribution in [0.4, 0.5) is 8.78 Å². The minimum atomic E-state index is -0.712. The summed E-state index contributed by atoms with van der Waals surface area (Å²) in [4.78, 5) is 17.3. The minimum absolute atomic E-state index is 0.0949. The van der Waals surface area contributed by atoms with E-state index in [0.717, 1.165) is 94.9 Å². The van der Waals surface area contributed by atoms with Crippen LogP contribution in [0.15, 0.2) is 42.5 Å². The van der Waals surface area contributed by atoms with Crippen LogP contribution in [0, 0.1) is 17.0 Å². The molecule has 2 aliphatic heterocycles. The van der Waals surface area contributed by atoms with E-state index < -0.39 is 11.6 Å². The van der Waals surface area contributed by atoms with E-state index in [4.69, 9.17) is 4.74 Å². The Kier molecular flexibility index (Phi) is 8.77. The Hall–Kier alpha value is -2.47. The van der Waals surface area contributed by atoms with Crippen LogP contribution in [0.25, 0.3) is 0 Å². The van der Waals surface area contributed by atoms with Gasteiger partial charge in [0.2, 0.25) is 0 Å². The van der Waals surface area contributed by atoms with Crippen molar-refractivity contribution in [2.24, 2.45) is 5.41 Å². The summed E-state index contributed by atoms with van der Waals surface area (Å²) in [6.07, 6.45) is 8.54. The molecule has 0 aliphatic carbocycles. The molecule has 2 aromatic rings. The number of nitrogens with zero attached hydrogens (tertiary/aromatic N) is 2. The second-order valence-corrected chi connectivity index (χ2v) is 10.2. The molecule has 0 radical (unpaired) electrons. The number of fused-ring (bicyclic) bond motifs is 1. The van der Waals surface area contributed by atoms with Crippen molar-refractivity contribution in [3.05, 3.63) is 65.2 Å². The molecule has 2 heterocycles. The fourth-order valence-electron chi connectivity index (χ4n) is 5.61. The molecule has 4 nitrogen and oxygen atoms in total. The lowest BCUT2D eigenvalue weighted by Gasteiger charge is -2.45. The minimum Gasteiger partial charge on any atom is -0.492 e. The molecule has 1 saturated heterocycles.